The van der Waals surface area contributed by atoms with Crippen LogP contribution in [0.25, 0.3) is 0 Å². The van der Waals surface area contributed by atoms with Crippen molar-refractivity contribution in [2.24, 2.45) is 0 Å². The van der Waals surface area contributed by atoms with Crippen molar-refractivity contribution in [3.63, 3.8) is 0 Å². The van der Waals surface area contributed by atoms with Crippen molar-refractivity contribution < 1.29 is 18.7 Å². The minimum Gasteiger partial charge on any atom is -0.435 e. The fourth-order valence-corrected chi connectivity index (χ4v) is 3.29. The summed E-state index contributed by atoms with van der Waals surface area (Å²) in [6, 6.07) is 5.76. The number of halogens is 1. The summed E-state index contributed by atoms with van der Waals surface area (Å²) in [5.74, 6) is 0.627. The first kappa shape index (κ1) is 15.3. The smallest absolute Gasteiger partial charge is 0.292 e. The Morgan fingerprint density at radius 2 is 2.04 bits per heavy atom. The highest BCUT2D eigenvalue weighted by molar-refractivity contribution is 5.93. The summed E-state index contributed by atoms with van der Waals surface area (Å²) in [4.78, 5) is 18.9. The van der Waals surface area contributed by atoms with Gasteiger partial charge in [0.2, 0.25) is 5.76 Å². The molecule has 2 aromatic rings. The lowest BCUT2D eigenvalue weighted by molar-refractivity contribution is 0.0681. The van der Waals surface area contributed by atoms with Crippen LogP contribution in [0.1, 0.15) is 58.9 Å². The van der Waals surface area contributed by atoms with E-state index in [1.54, 1.807) is 24.0 Å². The van der Waals surface area contributed by atoms with Gasteiger partial charge in [-0.3, -0.25) is 4.79 Å². The van der Waals surface area contributed by atoms with Crippen LogP contribution < -0.4 is 0 Å². The van der Waals surface area contributed by atoms with Crippen LogP contribution in [-0.4, -0.2) is 33.5 Å². The number of hydrogen-bond acceptors (Lipinski definition) is 4. The molecule has 2 fully saturated rings. The quantitative estimate of drug-likeness (QED) is 0.939. The van der Waals surface area contributed by atoms with E-state index in [0.29, 0.717) is 23.9 Å². The van der Waals surface area contributed by atoms with E-state index in [4.69, 9.17) is 4.42 Å². The molecule has 1 amide bonds. The topological polar surface area (TPSA) is 66.6 Å². The number of nitrogens with zero attached hydrogens (tertiary/aromatic N) is 2. The third-order valence-corrected chi connectivity index (χ3v) is 4.73. The maximum atomic E-state index is 13.2. The van der Waals surface area contributed by atoms with Gasteiger partial charge in [-0.15, -0.1) is 0 Å². The Bertz CT molecular complexity index is 767. The summed E-state index contributed by atoms with van der Waals surface area (Å²) in [6.45, 7) is 2.00. The van der Waals surface area contributed by atoms with Gasteiger partial charge in [0.25, 0.3) is 5.91 Å². The second-order valence-electron chi connectivity index (χ2n) is 6.66. The summed E-state index contributed by atoms with van der Waals surface area (Å²) >= 11 is 0. The first-order valence-electron chi connectivity index (χ1n) is 8.24. The average molecular weight is 330 g/mol. The van der Waals surface area contributed by atoms with Crippen molar-refractivity contribution in [2.45, 2.75) is 44.2 Å². The van der Waals surface area contributed by atoms with E-state index in [2.05, 4.69) is 4.98 Å². The summed E-state index contributed by atoms with van der Waals surface area (Å²) in [7, 11) is 0. The number of likely N-dealkylation sites (tertiary alicyclic amines) is 1. The van der Waals surface area contributed by atoms with Crippen LogP contribution in [0.4, 0.5) is 4.39 Å². The van der Waals surface area contributed by atoms with Crippen molar-refractivity contribution >= 4 is 5.91 Å². The average Bonchev–Trinajstić information content (AvgIpc) is 3.23. The summed E-state index contributed by atoms with van der Waals surface area (Å²) < 4.78 is 18.9. The highest BCUT2D eigenvalue weighted by atomic mass is 19.1. The number of aromatic nitrogens is 1. The van der Waals surface area contributed by atoms with E-state index in [1.165, 1.54) is 12.1 Å². The SMILES string of the molecule is Cc1nc(C2CC2)oc1C(=O)N1C[C@H](O)C[C@@H]1c1ccc(F)cc1. The number of hydrogen-bond donors (Lipinski definition) is 1. The van der Waals surface area contributed by atoms with Gasteiger partial charge in [0.05, 0.1) is 17.8 Å². The zero-order valence-corrected chi connectivity index (χ0v) is 13.4. The fourth-order valence-electron chi connectivity index (χ4n) is 3.29. The number of rotatable bonds is 3. The third-order valence-electron chi connectivity index (χ3n) is 4.73. The van der Waals surface area contributed by atoms with Gasteiger partial charge in [-0.05, 0) is 43.9 Å². The third kappa shape index (κ3) is 2.71. The molecule has 5 nitrogen and oxygen atoms in total. The Hall–Kier alpha value is -2.21. The normalized spacial score (nSPS) is 23.7. The molecule has 4 rings (SSSR count). The van der Waals surface area contributed by atoms with Gasteiger partial charge in [0.1, 0.15) is 5.82 Å². The largest absolute Gasteiger partial charge is 0.435 e. The molecule has 126 valence electrons. The number of carbonyl (C=O) groups excluding carboxylic acids is 1. The number of oxazole rings is 1. The van der Waals surface area contributed by atoms with E-state index in [9.17, 15) is 14.3 Å². The molecule has 0 radical (unpaired) electrons. The Balaban J connectivity index is 1.63. The van der Waals surface area contributed by atoms with Crippen molar-refractivity contribution in [2.75, 3.05) is 6.54 Å². The van der Waals surface area contributed by atoms with Gasteiger partial charge in [-0.1, -0.05) is 12.1 Å². The molecule has 0 bridgehead atoms. The van der Waals surface area contributed by atoms with Crippen LogP contribution in [0.15, 0.2) is 28.7 Å². The lowest BCUT2D eigenvalue weighted by atomic mass is 10.0. The molecule has 6 heteroatoms. The number of β-amino-alcohol motifs (C(OH)–C–C–N with tert-alkyl or cyclic N) is 1. The van der Waals surface area contributed by atoms with Crippen LogP contribution >= 0.6 is 0 Å². The standard InChI is InChI=1S/C18H19FN2O3/c1-10-16(24-17(20-10)12-2-3-12)18(23)21-9-14(22)8-15(21)11-4-6-13(19)7-5-11/h4-7,12,14-15,22H,2-3,8-9H2,1H3/t14-,15-/m1/s1. The highest BCUT2D eigenvalue weighted by Gasteiger charge is 2.39. The van der Waals surface area contributed by atoms with Gasteiger partial charge >= 0.3 is 0 Å². The molecular weight excluding hydrogens is 311 g/mol. The Kier molecular flexibility index (Phi) is 3.64. The van der Waals surface area contributed by atoms with E-state index in [1.807, 2.05) is 0 Å². The molecule has 1 N–H and O–H groups in total. The predicted octanol–water partition coefficient (Wildman–Crippen LogP) is 2.95. The zero-order valence-electron chi connectivity index (χ0n) is 13.4. The summed E-state index contributed by atoms with van der Waals surface area (Å²) in [5.41, 5.74) is 1.39. The molecule has 1 saturated carbocycles. The maximum absolute atomic E-state index is 13.2. The zero-order chi connectivity index (χ0) is 16.8. The number of amides is 1. The summed E-state index contributed by atoms with van der Waals surface area (Å²) in [5, 5.41) is 10.0. The molecule has 2 aliphatic rings. The second-order valence-corrected chi connectivity index (χ2v) is 6.66. The van der Waals surface area contributed by atoms with Crippen molar-refractivity contribution in [1.29, 1.82) is 0 Å². The molecule has 1 saturated heterocycles. The number of aliphatic hydroxyl groups is 1. The second kappa shape index (κ2) is 5.70. The maximum Gasteiger partial charge on any atom is 0.292 e. The van der Waals surface area contributed by atoms with E-state index in [0.717, 1.165) is 18.4 Å². The Morgan fingerprint density at radius 1 is 1.33 bits per heavy atom. The van der Waals surface area contributed by atoms with Crippen molar-refractivity contribution in [3.8, 4) is 0 Å². The van der Waals surface area contributed by atoms with Gasteiger partial charge < -0.3 is 14.4 Å². The number of aliphatic hydroxyl groups excluding tert-OH is 1. The first-order valence-corrected chi connectivity index (χ1v) is 8.24. The molecule has 0 unspecified atom stereocenters. The van der Waals surface area contributed by atoms with Crippen LogP contribution in [0.2, 0.25) is 0 Å². The van der Waals surface area contributed by atoms with E-state index in [-0.39, 0.29) is 30.1 Å². The molecule has 0 spiro atoms. The van der Waals surface area contributed by atoms with Crippen molar-refractivity contribution in [3.05, 3.63) is 53.0 Å². The molecule has 24 heavy (non-hydrogen) atoms. The monoisotopic (exact) mass is 330 g/mol. The van der Waals surface area contributed by atoms with Gasteiger partial charge in [-0.2, -0.15) is 0 Å². The van der Waals surface area contributed by atoms with Crippen LogP contribution in [-0.2, 0) is 0 Å². The molecule has 2 heterocycles. The van der Waals surface area contributed by atoms with Gasteiger partial charge in [-0.25, -0.2) is 9.37 Å². The van der Waals surface area contributed by atoms with Crippen LogP contribution in [0, 0.1) is 12.7 Å². The predicted molar refractivity (Wildman–Crippen MR) is 84.0 cm³/mol. The fraction of sp³-hybridized carbons (Fsp3) is 0.444. The number of benzene rings is 1. The summed E-state index contributed by atoms with van der Waals surface area (Å²) in [6.07, 6.45) is 1.93. The first-order chi connectivity index (χ1) is 11.5. The molecule has 1 aromatic heterocycles. The molecule has 1 aliphatic carbocycles. The lowest BCUT2D eigenvalue weighted by Gasteiger charge is -2.24. The number of aryl methyl sites for hydroxylation is 1. The van der Waals surface area contributed by atoms with Crippen LogP contribution in [0.5, 0.6) is 0 Å². The Morgan fingerprint density at radius 3 is 2.71 bits per heavy atom. The minimum atomic E-state index is -0.602. The van der Waals surface area contributed by atoms with Crippen LogP contribution in [0.3, 0.4) is 0 Å². The lowest BCUT2D eigenvalue weighted by Crippen LogP contribution is -2.32. The highest BCUT2D eigenvalue weighted by Crippen LogP contribution is 2.41. The van der Waals surface area contributed by atoms with Gasteiger partial charge in [0, 0.05) is 12.5 Å². The molecule has 1 aliphatic heterocycles. The van der Waals surface area contributed by atoms with Gasteiger partial charge in [0.15, 0.2) is 5.89 Å². The van der Waals surface area contributed by atoms with E-state index >= 15 is 0 Å². The molecular formula is C18H19FN2O3. The number of carbonyl (C=O) groups is 1. The minimum absolute atomic E-state index is 0.236. The van der Waals surface area contributed by atoms with E-state index < -0.39 is 6.10 Å². The van der Waals surface area contributed by atoms with Crippen molar-refractivity contribution in [1.82, 2.24) is 9.88 Å². The molecule has 2 atom stereocenters. The molecule has 1 aromatic carbocycles. The Labute approximate surface area is 139 Å².